The first kappa shape index (κ1) is 26.6. The molecule has 2 aliphatic rings. The fourth-order valence-corrected chi connectivity index (χ4v) is 5.24. The number of carbonyl (C=O) groups is 1. The average Bonchev–Trinajstić information content (AvgIpc) is 3.28. The van der Waals surface area contributed by atoms with Crippen molar-refractivity contribution in [2.75, 3.05) is 37.6 Å². The smallest absolute Gasteiger partial charge is 0.416 e. The summed E-state index contributed by atoms with van der Waals surface area (Å²) in [6.07, 6.45) is -3.74. The highest BCUT2D eigenvalue weighted by Gasteiger charge is 2.40. The van der Waals surface area contributed by atoms with E-state index in [4.69, 9.17) is 11.6 Å². The van der Waals surface area contributed by atoms with E-state index in [1.54, 1.807) is 24.3 Å². The van der Waals surface area contributed by atoms with Crippen molar-refractivity contribution in [1.29, 1.82) is 0 Å². The number of benzene rings is 2. The summed E-state index contributed by atoms with van der Waals surface area (Å²) in [7, 11) is 0. The van der Waals surface area contributed by atoms with E-state index in [1.165, 1.54) is 12.1 Å². The number of carbonyl (C=O) groups excluding carboxylic acids is 1. The summed E-state index contributed by atoms with van der Waals surface area (Å²) in [5.41, 5.74) is 0.566. The Hall–Kier alpha value is -2.49. The molecule has 0 radical (unpaired) electrons. The minimum Gasteiger partial charge on any atom is -0.508 e. The molecule has 2 atom stereocenters. The topological polar surface area (TPSA) is 59.1 Å². The molecule has 0 spiro atoms. The molecular weight excluding hydrogens is 493 g/mol. The Labute approximate surface area is 214 Å². The first-order valence-electron chi connectivity index (χ1n) is 12.2. The number of likely N-dealkylation sites (tertiary alicyclic amines) is 1. The molecule has 2 aliphatic heterocycles. The van der Waals surface area contributed by atoms with Crippen LogP contribution in [0, 0.1) is 0 Å². The fraction of sp³-hybridized carbons (Fsp3) is 0.500. The maximum absolute atomic E-state index is 13.5. The third-order valence-corrected chi connectivity index (χ3v) is 7.28. The highest BCUT2D eigenvalue weighted by molar-refractivity contribution is 6.30. The van der Waals surface area contributed by atoms with Crippen molar-refractivity contribution in [3.05, 3.63) is 58.6 Å². The van der Waals surface area contributed by atoms with Crippen LogP contribution in [0.25, 0.3) is 0 Å². The van der Waals surface area contributed by atoms with Crippen LogP contribution in [0.3, 0.4) is 0 Å². The molecule has 196 valence electrons. The van der Waals surface area contributed by atoms with E-state index in [9.17, 15) is 23.1 Å². The number of amides is 1. The Kier molecular flexibility index (Phi) is 8.02. The van der Waals surface area contributed by atoms with Gasteiger partial charge in [0.25, 0.3) is 0 Å². The predicted molar refractivity (Wildman–Crippen MR) is 134 cm³/mol. The highest BCUT2D eigenvalue weighted by atomic mass is 35.5. The number of nitrogens with zero attached hydrogens (tertiary/aromatic N) is 3. The van der Waals surface area contributed by atoms with E-state index in [0.29, 0.717) is 62.0 Å². The van der Waals surface area contributed by atoms with Gasteiger partial charge in [0, 0.05) is 67.6 Å². The Morgan fingerprint density at radius 1 is 1.14 bits per heavy atom. The molecule has 0 bridgehead atoms. The number of hydrogen-bond acceptors (Lipinski definition) is 5. The second kappa shape index (κ2) is 10.9. The summed E-state index contributed by atoms with van der Waals surface area (Å²) in [6.45, 7) is 7.18. The van der Waals surface area contributed by atoms with E-state index in [1.807, 2.05) is 9.80 Å². The van der Waals surface area contributed by atoms with Gasteiger partial charge in [-0.05, 0) is 56.7 Å². The summed E-state index contributed by atoms with van der Waals surface area (Å²) in [5.74, 6) is 0.235. The molecule has 6 nitrogen and oxygen atoms in total. The van der Waals surface area contributed by atoms with E-state index in [-0.39, 0.29) is 29.8 Å². The minimum absolute atomic E-state index is 0.0577. The van der Waals surface area contributed by atoms with Crippen LogP contribution >= 0.6 is 11.6 Å². The van der Waals surface area contributed by atoms with Crippen molar-refractivity contribution in [3.63, 3.8) is 0 Å². The maximum atomic E-state index is 13.5. The first-order chi connectivity index (χ1) is 17.0. The van der Waals surface area contributed by atoms with E-state index in [0.717, 1.165) is 6.07 Å². The number of hydrogen-bond donors (Lipinski definition) is 2. The molecule has 0 aromatic heterocycles. The SMILES string of the molecule is CC(C)N1C[C@@H](NCc2cc(Cl)ccc2O)C[C@H]1C(=O)N1CCN(c2cccc(C(F)(F)F)c2)CC1. The van der Waals surface area contributed by atoms with E-state index < -0.39 is 11.7 Å². The van der Waals surface area contributed by atoms with Crippen LogP contribution in [0.5, 0.6) is 5.75 Å². The van der Waals surface area contributed by atoms with Gasteiger partial charge in [0.1, 0.15) is 5.75 Å². The molecule has 36 heavy (non-hydrogen) atoms. The second-order valence-corrected chi connectivity index (χ2v) is 10.2. The number of aromatic hydroxyl groups is 1. The van der Waals surface area contributed by atoms with Gasteiger partial charge < -0.3 is 20.2 Å². The molecule has 2 aromatic rings. The maximum Gasteiger partial charge on any atom is 0.416 e. The minimum atomic E-state index is -4.38. The summed E-state index contributed by atoms with van der Waals surface area (Å²) >= 11 is 6.05. The number of piperazine rings is 1. The molecule has 4 rings (SSSR count). The molecule has 2 heterocycles. The van der Waals surface area contributed by atoms with Gasteiger partial charge in [0.2, 0.25) is 5.91 Å². The van der Waals surface area contributed by atoms with E-state index in [2.05, 4.69) is 24.1 Å². The zero-order valence-corrected chi connectivity index (χ0v) is 21.2. The van der Waals surface area contributed by atoms with Gasteiger partial charge in [0.15, 0.2) is 0 Å². The molecule has 2 fully saturated rings. The third kappa shape index (κ3) is 6.07. The van der Waals surface area contributed by atoms with Crippen LogP contribution < -0.4 is 10.2 Å². The lowest BCUT2D eigenvalue weighted by atomic mass is 10.1. The molecule has 1 amide bonds. The number of phenols is 1. The number of nitrogens with one attached hydrogen (secondary N) is 1. The molecular formula is C26H32ClF3N4O2. The van der Waals surface area contributed by atoms with Crippen molar-refractivity contribution >= 4 is 23.2 Å². The van der Waals surface area contributed by atoms with Gasteiger partial charge in [-0.1, -0.05) is 17.7 Å². The average molecular weight is 525 g/mol. The van der Waals surface area contributed by atoms with Crippen LogP contribution in [0.4, 0.5) is 18.9 Å². The van der Waals surface area contributed by atoms with Crippen LogP contribution in [-0.2, 0) is 17.5 Å². The normalized spacial score (nSPS) is 21.4. The van der Waals surface area contributed by atoms with Gasteiger partial charge in [-0.25, -0.2) is 0 Å². The number of rotatable bonds is 6. The van der Waals surface area contributed by atoms with Crippen LogP contribution in [0.1, 0.15) is 31.4 Å². The zero-order valence-electron chi connectivity index (χ0n) is 20.4. The molecule has 2 aromatic carbocycles. The summed E-state index contributed by atoms with van der Waals surface area (Å²) in [4.78, 5) is 19.4. The number of anilines is 1. The Bertz CT molecular complexity index is 1070. The van der Waals surface area contributed by atoms with Crippen molar-refractivity contribution < 1.29 is 23.1 Å². The lowest BCUT2D eigenvalue weighted by molar-refractivity contribution is -0.137. The van der Waals surface area contributed by atoms with Gasteiger partial charge >= 0.3 is 6.18 Å². The van der Waals surface area contributed by atoms with Crippen LogP contribution in [0.15, 0.2) is 42.5 Å². The van der Waals surface area contributed by atoms with Gasteiger partial charge in [-0.3, -0.25) is 9.69 Å². The molecule has 0 unspecified atom stereocenters. The predicted octanol–water partition coefficient (Wildman–Crippen LogP) is 4.35. The van der Waals surface area contributed by atoms with Gasteiger partial charge in [0.05, 0.1) is 11.6 Å². The molecule has 2 N–H and O–H groups in total. The van der Waals surface area contributed by atoms with E-state index >= 15 is 0 Å². The Morgan fingerprint density at radius 2 is 1.86 bits per heavy atom. The number of phenolic OH excluding ortho intramolecular Hbond substituents is 1. The number of alkyl halides is 3. The standard InChI is InChI=1S/C26H32ClF3N4O2/c1-17(2)34-16-21(31-15-18-12-20(27)6-7-24(18)35)14-23(34)25(36)33-10-8-32(9-11-33)22-5-3-4-19(13-22)26(28,29)30/h3-7,12-13,17,21,23,31,35H,8-11,14-16H2,1-2H3/t21-,23-/m0/s1. The largest absolute Gasteiger partial charge is 0.508 e. The fourth-order valence-electron chi connectivity index (χ4n) is 5.05. The van der Waals surface area contributed by atoms with Crippen molar-refractivity contribution in [1.82, 2.24) is 15.1 Å². The third-order valence-electron chi connectivity index (χ3n) is 7.04. The zero-order chi connectivity index (χ0) is 26.0. The Balaban J connectivity index is 1.36. The quantitative estimate of drug-likeness (QED) is 0.588. The molecule has 0 aliphatic carbocycles. The molecule has 2 saturated heterocycles. The van der Waals surface area contributed by atoms with Crippen molar-refractivity contribution in [3.8, 4) is 5.75 Å². The first-order valence-corrected chi connectivity index (χ1v) is 12.6. The molecule has 0 saturated carbocycles. The van der Waals surface area contributed by atoms with Gasteiger partial charge in [-0.15, -0.1) is 0 Å². The second-order valence-electron chi connectivity index (χ2n) is 9.75. The monoisotopic (exact) mass is 524 g/mol. The molecule has 10 heteroatoms. The van der Waals surface area contributed by atoms with Crippen LogP contribution in [-0.4, -0.2) is 71.7 Å². The van der Waals surface area contributed by atoms with Crippen LogP contribution in [0.2, 0.25) is 5.02 Å². The summed E-state index contributed by atoms with van der Waals surface area (Å²) in [6, 6.07) is 10.3. The van der Waals surface area contributed by atoms with Crippen molar-refractivity contribution in [2.24, 2.45) is 0 Å². The highest BCUT2D eigenvalue weighted by Crippen LogP contribution is 2.32. The summed E-state index contributed by atoms with van der Waals surface area (Å²) in [5, 5.41) is 14.1. The Morgan fingerprint density at radius 3 is 2.53 bits per heavy atom. The number of halogens is 4. The lowest BCUT2D eigenvalue weighted by Crippen LogP contribution is -2.54. The van der Waals surface area contributed by atoms with Crippen molar-refractivity contribution in [2.45, 2.75) is 51.1 Å². The summed E-state index contributed by atoms with van der Waals surface area (Å²) < 4.78 is 39.3. The lowest BCUT2D eigenvalue weighted by Gasteiger charge is -2.39. The van der Waals surface area contributed by atoms with Gasteiger partial charge in [-0.2, -0.15) is 13.2 Å².